The standard InChI is InChI=1S/C10H9Cl2NO3.CH3NO2/c11-8-2-1-6(3-9(8)12)13-4-7(5-14)16-10(13)15;2-1(3)4/h1-3,7,14H,4-5H2;2H2,(H,3,4)/p-1. The van der Waals surface area contributed by atoms with Crippen molar-refractivity contribution in [2.75, 3.05) is 18.1 Å². The van der Waals surface area contributed by atoms with Crippen LogP contribution < -0.4 is 15.7 Å². The van der Waals surface area contributed by atoms with Crippen molar-refractivity contribution in [2.45, 2.75) is 6.10 Å². The average molecular weight is 322 g/mol. The van der Waals surface area contributed by atoms with E-state index in [9.17, 15) is 4.79 Å². The van der Waals surface area contributed by atoms with Gasteiger partial charge in [0.2, 0.25) is 0 Å². The number of amides is 2. The number of rotatable bonds is 2. The first-order chi connectivity index (χ1) is 9.35. The summed E-state index contributed by atoms with van der Waals surface area (Å²) < 4.78 is 4.91. The van der Waals surface area contributed by atoms with Crippen LogP contribution >= 0.6 is 23.2 Å². The summed E-state index contributed by atoms with van der Waals surface area (Å²) in [6, 6.07) is 4.87. The minimum absolute atomic E-state index is 0.191. The van der Waals surface area contributed by atoms with Crippen molar-refractivity contribution in [2.24, 2.45) is 5.73 Å². The molecule has 0 aromatic heterocycles. The maximum absolute atomic E-state index is 11.5. The molecule has 1 saturated heterocycles. The molecular formula is C11H11Cl2N2O5-. The van der Waals surface area contributed by atoms with Gasteiger partial charge < -0.3 is 25.5 Å². The predicted octanol–water partition coefficient (Wildman–Crippen LogP) is 0.599. The highest BCUT2D eigenvalue weighted by Gasteiger charge is 2.31. The summed E-state index contributed by atoms with van der Waals surface area (Å²) in [5, 5.41) is 18.4. The maximum Gasteiger partial charge on any atom is 0.414 e. The number of benzene rings is 1. The predicted molar refractivity (Wildman–Crippen MR) is 70.7 cm³/mol. The first-order valence-electron chi connectivity index (χ1n) is 5.35. The van der Waals surface area contributed by atoms with E-state index in [1.54, 1.807) is 18.2 Å². The zero-order valence-electron chi connectivity index (χ0n) is 10.1. The molecule has 1 aliphatic rings. The van der Waals surface area contributed by atoms with Crippen molar-refractivity contribution < 1.29 is 24.5 Å². The van der Waals surface area contributed by atoms with Gasteiger partial charge in [0.25, 0.3) is 0 Å². The monoisotopic (exact) mass is 321 g/mol. The van der Waals surface area contributed by atoms with Crippen LogP contribution in [-0.4, -0.2) is 36.5 Å². The van der Waals surface area contributed by atoms with Gasteiger partial charge in [-0.3, -0.25) is 4.90 Å². The van der Waals surface area contributed by atoms with E-state index in [1.165, 1.54) is 4.90 Å². The van der Waals surface area contributed by atoms with E-state index in [-0.39, 0.29) is 6.61 Å². The third kappa shape index (κ3) is 4.44. The second kappa shape index (κ2) is 7.18. The number of hydrogen-bond donors (Lipinski definition) is 2. The molecule has 1 fully saturated rings. The molecule has 7 nitrogen and oxygen atoms in total. The van der Waals surface area contributed by atoms with Gasteiger partial charge in [-0.05, 0) is 18.2 Å². The van der Waals surface area contributed by atoms with Crippen LogP contribution in [0, 0.1) is 0 Å². The lowest BCUT2D eigenvalue weighted by Crippen LogP contribution is -2.29. The Labute approximate surface area is 124 Å². The van der Waals surface area contributed by atoms with E-state index >= 15 is 0 Å². The van der Waals surface area contributed by atoms with Gasteiger partial charge in [-0.1, -0.05) is 23.2 Å². The lowest BCUT2D eigenvalue weighted by Gasteiger charge is -2.13. The molecule has 0 spiro atoms. The van der Waals surface area contributed by atoms with Crippen LogP contribution in [-0.2, 0) is 4.74 Å². The van der Waals surface area contributed by atoms with E-state index in [1.807, 2.05) is 0 Å². The zero-order chi connectivity index (χ0) is 15.3. The molecule has 1 aromatic rings. The molecular weight excluding hydrogens is 311 g/mol. The second-order valence-corrected chi connectivity index (χ2v) is 4.53. The van der Waals surface area contributed by atoms with Crippen molar-refractivity contribution in [1.29, 1.82) is 0 Å². The molecule has 20 heavy (non-hydrogen) atoms. The quantitative estimate of drug-likeness (QED) is 0.827. The molecule has 0 saturated carbocycles. The highest BCUT2D eigenvalue weighted by atomic mass is 35.5. The molecule has 2 amide bonds. The Bertz CT molecular complexity index is 508. The third-order valence-corrected chi connectivity index (χ3v) is 3.03. The number of cyclic esters (lactones) is 1. The first-order valence-corrected chi connectivity index (χ1v) is 6.11. The summed E-state index contributed by atoms with van der Waals surface area (Å²) >= 11 is 11.6. The summed E-state index contributed by atoms with van der Waals surface area (Å²) in [6.07, 6.45) is -2.56. The number of nitrogens with two attached hydrogens (primary N) is 1. The fourth-order valence-electron chi connectivity index (χ4n) is 1.48. The van der Waals surface area contributed by atoms with Gasteiger partial charge >= 0.3 is 6.09 Å². The lowest BCUT2D eigenvalue weighted by molar-refractivity contribution is -0.245. The fraction of sp³-hybridized carbons (Fsp3) is 0.273. The van der Waals surface area contributed by atoms with Crippen molar-refractivity contribution in [3.8, 4) is 0 Å². The van der Waals surface area contributed by atoms with E-state index in [2.05, 4.69) is 5.73 Å². The largest absolute Gasteiger partial charge is 0.530 e. The molecule has 0 bridgehead atoms. The van der Waals surface area contributed by atoms with Crippen molar-refractivity contribution in [1.82, 2.24) is 0 Å². The van der Waals surface area contributed by atoms with Gasteiger partial charge in [0.15, 0.2) is 0 Å². The lowest BCUT2D eigenvalue weighted by atomic mass is 10.3. The highest BCUT2D eigenvalue weighted by molar-refractivity contribution is 6.42. The molecule has 3 N–H and O–H groups in total. The SMILES string of the molecule is NC(=O)[O-].O=C1OC(CO)CN1c1ccc(Cl)c(Cl)c1. The number of anilines is 1. The molecule has 1 heterocycles. The number of aliphatic hydroxyl groups is 1. The zero-order valence-corrected chi connectivity index (χ0v) is 11.6. The topological polar surface area (TPSA) is 116 Å². The molecule has 9 heteroatoms. The number of carboxylic acid groups (broad SMARTS) is 1. The van der Waals surface area contributed by atoms with Crippen LogP contribution in [0.1, 0.15) is 0 Å². The van der Waals surface area contributed by atoms with Gasteiger partial charge in [0.1, 0.15) is 12.2 Å². The number of ether oxygens (including phenoxy) is 1. The molecule has 0 aliphatic carbocycles. The fourth-order valence-corrected chi connectivity index (χ4v) is 1.77. The van der Waals surface area contributed by atoms with E-state index in [4.69, 9.17) is 42.9 Å². The van der Waals surface area contributed by atoms with Crippen LogP contribution in [0.2, 0.25) is 10.0 Å². The first kappa shape index (κ1) is 16.4. The van der Waals surface area contributed by atoms with Crippen molar-refractivity contribution in [3.63, 3.8) is 0 Å². The van der Waals surface area contributed by atoms with Gasteiger partial charge in [-0.15, -0.1) is 0 Å². The Morgan fingerprint density at radius 3 is 2.55 bits per heavy atom. The minimum Gasteiger partial charge on any atom is -0.530 e. The number of hydrogen-bond acceptors (Lipinski definition) is 5. The summed E-state index contributed by atoms with van der Waals surface area (Å²) in [4.78, 5) is 21.5. The van der Waals surface area contributed by atoms with Gasteiger partial charge in [0.05, 0.1) is 23.2 Å². The average Bonchev–Trinajstić information content (AvgIpc) is 2.73. The van der Waals surface area contributed by atoms with Gasteiger partial charge in [0, 0.05) is 5.69 Å². The van der Waals surface area contributed by atoms with Gasteiger partial charge in [-0.2, -0.15) is 0 Å². The Morgan fingerprint density at radius 2 is 2.10 bits per heavy atom. The van der Waals surface area contributed by atoms with Crippen molar-refractivity contribution in [3.05, 3.63) is 28.2 Å². The molecule has 1 aromatic carbocycles. The number of nitrogens with zero attached hydrogens (tertiary/aromatic N) is 1. The van der Waals surface area contributed by atoms with Crippen LogP contribution in [0.25, 0.3) is 0 Å². The van der Waals surface area contributed by atoms with Crippen LogP contribution in [0.5, 0.6) is 0 Å². The number of primary amides is 1. The molecule has 2 rings (SSSR count). The Hall–Kier alpha value is -1.70. The molecule has 0 radical (unpaired) electrons. The number of halogens is 2. The van der Waals surface area contributed by atoms with Crippen molar-refractivity contribution >= 4 is 41.1 Å². The Kier molecular flexibility index (Phi) is 5.87. The van der Waals surface area contributed by atoms with Crippen LogP contribution in [0.15, 0.2) is 18.2 Å². The summed E-state index contributed by atoms with van der Waals surface area (Å²) in [5.41, 5.74) is 4.52. The van der Waals surface area contributed by atoms with Crippen LogP contribution in [0.3, 0.4) is 0 Å². The van der Waals surface area contributed by atoms with E-state index in [0.29, 0.717) is 22.3 Å². The molecule has 1 atom stereocenters. The molecule has 1 aliphatic heterocycles. The molecule has 1 unspecified atom stereocenters. The normalized spacial score (nSPS) is 17.2. The minimum atomic E-state index is -1.58. The number of aliphatic hydroxyl groups excluding tert-OH is 1. The van der Waals surface area contributed by atoms with E-state index in [0.717, 1.165) is 0 Å². The summed E-state index contributed by atoms with van der Waals surface area (Å²) in [5.74, 6) is 0. The number of carbonyl (C=O) groups is 2. The Morgan fingerprint density at radius 1 is 1.50 bits per heavy atom. The third-order valence-electron chi connectivity index (χ3n) is 2.29. The van der Waals surface area contributed by atoms with Crippen LogP contribution in [0.4, 0.5) is 15.3 Å². The summed E-state index contributed by atoms with van der Waals surface area (Å²) in [7, 11) is 0. The Balaban J connectivity index is 0.000000444. The van der Waals surface area contributed by atoms with E-state index < -0.39 is 18.3 Å². The van der Waals surface area contributed by atoms with Gasteiger partial charge in [-0.25, -0.2) is 4.79 Å². The number of carbonyl (C=O) groups excluding carboxylic acids is 2. The second-order valence-electron chi connectivity index (χ2n) is 3.72. The molecule has 110 valence electrons. The summed E-state index contributed by atoms with van der Waals surface area (Å²) in [6.45, 7) is 0.122. The smallest absolute Gasteiger partial charge is 0.414 e. The maximum atomic E-state index is 11.5. The highest BCUT2D eigenvalue weighted by Crippen LogP contribution is 2.29.